The molecule has 1 N–H and O–H groups in total. The summed E-state index contributed by atoms with van der Waals surface area (Å²) in [6.07, 6.45) is 7.29. The van der Waals surface area contributed by atoms with Crippen LogP contribution in [0, 0.1) is 23.7 Å². The minimum absolute atomic E-state index is 0.0489. The molecule has 3 heterocycles. The summed E-state index contributed by atoms with van der Waals surface area (Å²) < 4.78 is 23.0. The molecular weight excluding hydrogens is 488 g/mol. The fraction of sp³-hybridized carbons (Fsp3) is 0.414. The fourth-order valence-electron chi connectivity index (χ4n) is 5.18. The molecule has 1 aromatic heterocycles. The van der Waals surface area contributed by atoms with E-state index in [1.807, 2.05) is 30.3 Å². The van der Waals surface area contributed by atoms with Crippen LogP contribution in [0.3, 0.4) is 0 Å². The standard InChI is InChI=1S/C29H32N2O7/c1-4-12-30-26(32)14-22-16-29(28(34)35-3)20(2)38-24(19-36-18-21-9-6-5-7-10-21)15-25(29)31(27(22)33)17-23-11-8-13-37-23/h1,5-11,13,15,20,22,24H,12,14,16-19H2,2-3H3,(H,30,32)/t20-,22+,24-,29+/m1/s1. The third-order valence-electron chi connectivity index (χ3n) is 7.00. The molecule has 4 rings (SSSR count). The molecule has 1 fully saturated rings. The van der Waals surface area contributed by atoms with Crippen LogP contribution in [0.1, 0.15) is 31.1 Å². The first-order chi connectivity index (χ1) is 18.4. The average molecular weight is 521 g/mol. The number of methoxy groups -OCH3 is 1. The van der Waals surface area contributed by atoms with Gasteiger partial charge in [-0.1, -0.05) is 36.3 Å². The zero-order valence-electron chi connectivity index (χ0n) is 21.6. The summed E-state index contributed by atoms with van der Waals surface area (Å²) in [6, 6.07) is 13.2. The number of carbonyl (C=O) groups excluding carboxylic acids is 3. The van der Waals surface area contributed by atoms with Gasteiger partial charge in [0.05, 0.1) is 45.8 Å². The SMILES string of the molecule is C#CCNC(=O)C[C@H]1C[C@@]2(C(=O)OC)C(=C[C@H](COCc3ccccc3)O[C@@H]2C)N(Cc2ccco2)C1=O. The summed E-state index contributed by atoms with van der Waals surface area (Å²) in [4.78, 5) is 41.3. The monoisotopic (exact) mass is 520 g/mol. The largest absolute Gasteiger partial charge is 0.468 e. The minimum atomic E-state index is -1.30. The van der Waals surface area contributed by atoms with Gasteiger partial charge in [0.25, 0.3) is 0 Å². The van der Waals surface area contributed by atoms with Crippen LogP contribution in [0.25, 0.3) is 0 Å². The molecule has 0 aliphatic carbocycles. The molecule has 0 radical (unpaired) electrons. The van der Waals surface area contributed by atoms with E-state index in [1.165, 1.54) is 18.3 Å². The molecule has 200 valence electrons. The van der Waals surface area contributed by atoms with Crippen molar-refractivity contribution in [3.8, 4) is 12.3 Å². The van der Waals surface area contributed by atoms with Crippen LogP contribution in [0.15, 0.2) is 64.9 Å². The second kappa shape index (κ2) is 12.1. The van der Waals surface area contributed by atoms with Gasteiger partial charge in [-0.25, -0.2) is 0 Å². The Labute approximate surface area is 222 Å². The quantitative estimate of drug-likeness (QED) is 0.379. The van der Waals surface area contributed by atoms with Gasteiger partial charge >= 0.3 is 5.97 Å². The number of likely N-dealkylation sites (tertiary alicyclic amines) is 1. The van der Waals surface area contributed by atoms with E-state index in [-0.39, 0.29) is 44.4 Å². The Morgan fingerprint density at radius 1 is 1.24 bits per heavy atom. The van der Waals surface area contributed by atoms with E-state index in [0.29, 0.717) is 18.1 Å². The maximum absolute atomic E-state index is 13.8. The molecule has 1 saturated heterocycles. The summed E-state index contributed by atoms with van der Waals surface area (Å²) in [6.45, 7) is 2.53. The Morgan fingerprint density at radius 3 is 2.71 bits per heavy atom. The number of esters is 1. The molecule has 4 atom stereocenters. The minimum Gasteiger partial charge on any atom is -0.468 e. The first-order valence-electron chi connectivity index (χ1n) is 12.5. The molecule has 0 bridgehead atoms. The van der Waals surface area contributed by atoms with Crippen molar-refractivity contribution in [1.82, 2.24) is 10.2 Å². The van der Waals surface area contributed by atoms with Crippen molar-refractivity contribution in [3.63, 3.8) is 0 Å². The van der Waals surface area contributed by atoms with Gasteiger partial charge in [0.2, 0.25) is 11.8 Å². The molecule has 0 saturated carbocycles. The van der Waals surface area contributed by atoms with Gasteiger partial charge < -0.3 is 28.8 Å². The molecular formula is C29H32N2O7. The number of hydrogen-bond donors (Lipinski definition) is 1. The van der Waals surface area contributed by atoms with Gasteiger partial charge in [-0.3, -0.25) is 14.4 Å². The normalized spacial score (nSPS) is 24.7. The number of rotatable bonds is 10. The lowest BCUT2D eigenvalue weighted by Crippen LogP contribution is -2.60. The number of nitrogens with one attached hydrogen (secondary N) is 1. The molecule has 2 aliphatic heterocycles. The maximum Gasteiger partial charge on any atom is 0.320 e. The van der Waals surface area contributed by atoms with Crippen LogP contribution < -0.4 is 5.32 Å². The van der Waals surface area contributed by atoms with Gasteiger partial charge in [-0.05, 0) is 37.1 Å². The van der Waals surface area contributed by atoms with Crippen LogP contribution in [0.4, 0.5) is 0 Å². The summed E-state index contributed by atoms with van der Waals surface area (Å²) in [7, 11) is 1.30. The predicted octanol–water partition coefficient (Wildman–Crippen LogP) is 2.82. The number of benzene rings is 1. The van der Waals surface area contributed by atoms with E-state index < -0.39 is 29.5 Å². The van der Waals surface area contributed by atoms with Gasteiger partial charge in [-0.15, -0.1) is 6.42 Å². The van der Waals surface area contributed by atoms with Gasteiger partial charge in [0, 0.05) is 18.0 Å². The Balaban J connectivity index is 1.66. The van der Waals surface area contributed by atoms with E-state index >= 15 is 0 Å². The molecule has 0 spiro atoms. The highest BCUT2D eigenvalue weighted by molar-refractivity contribution is 5.92. The van der Waals surface area contributed by atoms with E-state index in [0.717, 1.165) is 5.56 Å². The Morgan fingerprint density at radius 2 is 2.03 bits per heavy atom. The Kier molecular flexibility index (Phi) is 8.66. The fourth-order valence-corrected chi connectivity index (χ4v) is 5.18. The summed E-state index contributed by atoms with van der Waals surface area (Å²) in [5, 5.41) is 2.60. The summed E-state index contributed by atoms with van der Waals surface area (Å²) in [5.41, 5.74) is 0.187. The van der Waals surface area contributed by atoms with Crippen molar-refractivity contribution in [2.45, 2.75) is 45.1 Å². The maximum atomic E-state index is 13.8. The van der Waals surface area contributed by atoms with Gasteiger partial charge in [0.15, 0.2) is 0 Å². The first-order valence-corrected chi connectivity index (χ1v) is 12.5. The number of piperidine rings is 1. The number of carbonyl (C=O) groups is 3. The lowest BCUT2D eigenvalue weighted by Gasteiger charge is -2.51. The van der Waals surface area contributed by atoms with E-state index in [4.69, 9.17) is 25.1 Å². The molecule has 9 nitrogen and oxygen atoms in total. The number of furan rings is 1. The van der Waals surface area contributed by atoms with E-state index in [9.17, 15) is 14.4 Å². The first kappa shape index (κ1) is 27.2. The summed E-state index contributed by atoms with van der Waals surface area (Å²) >= 11 is 0. The van der Waals surface area contributed by atoms with Crippen LogP contribution in [0.2, 0.25) is 0 Å². The van der Waals surface area contributed by atoms with Crippen molar-refractivity contribution < 1.29 is 33.0 Å². The Bertz CT molecular complexity index is 1200. The van der Waals surface area contributed by atoms with E-state index in [1.54, 1.807) is 25.1 Å². The van der Waals surface area contributed by atoms with Gasteiger partial charge in [0.1, 0.15) is 17.3 Å². The Hall–Kier alpha value is -3.87. The van der Waals surface area contributed by atoms with Crippen LogP contribution in [0.5, 0.6) is 0 Å². The zero-order valence-corrected chi connectivity index (χ0v) is 21.6. The molecule has 1 aromatic carbocycles. The number of ether oxygens (including phenoxy) is 3. The molecule has 38 heavy (non-hydrogen) atoms. The van der Waals surface area contributed by atoms with Gasteiger partial charge in [-0.2, -0.15) is 0 Å². The summed E-state index contributed by atoms with van der Waals surface area (Å²) in [5.74, 6) is 0.889. The predicted molar refractivity (Wildman–Crippen MR) is 137 cm³/mol. The highest BCUT2D eigenvalue weighted by Gasteiger charge is 2.59. The second-order valence-electron chi connectivity index (χ2n) is 9.42. The van der Waals surface area contributed by atoms with Crippen LogP contribution in [-0.4, -0.2) is 55.2 Å². The molecule has 2 amide bonds. The number of amides is 2. The average Bonchev–Trinajstić information content (AvgIpc) is 3.44. The lowest BCUT2D eigenvalue weighted by atomic mass is 9.66. The van der Waals surface area contributed by atoms with E-state index in [2.05, 4.69) is 11.2 Å². The third kappa shape index (κ3) is 5.67. The number of hydrogen-bond acceptors (Lipinski definition) is 7. The van der Waals surface area contributed by atoms with Crippen LogP contribution >= 0.6 is 0 Å². The molecule has 0 unspecified atom stereocenters. The van der Waals surface area contributed by atoms with Crippen molar-refractivity contribution in [2.24, 2.45) is 11.3 Å². The van der Waals surface area contributed by atoms with Crippen molar-refractivity contribution in [1.29, 1.82) is 0 Å². The smallest absolute Gasteiger partial charge is 0.320 e. The number of fused-ring (bicyclic) bond motifs is 1. The van der Waals surface area contributed by atoms with Crippen LogP contribution in [-0.2, 0) is 41.7 Å². The number of nitrogens with zero attached hydrogens (tertiary/aromatic N) is 1. The highest BCUT2D eigenvalue weighted by Crippen LogP contribution is 2.50. The molecule has 2 aromatic rings. The highest BCUT2D eigenvalue weighted by atomic mass is 16.6. The number of terminal acetylenes is 1. The molecule has 9 heteroatoms. The lowest BCUT2D eigenvalue weighted by molar-refractivity contribution is -0.178. The second-order valence-corrected chi connectivity index (χ2v) is 9.42. The zero-order chi connectivity index (χ0) is 27.1. The molecule has 2 aliphatic rings. The van der Waals surface area contributed by atoms with Crippen molar-refractivity contribution in [2.75, 3.05) is 20.3 Å². The van der Waals surface area contributed by atoms with Crippen molar-refractivity contribution in [3.05, 3.63) is 71.8 Å². The van der Waals surface area contributed by atoms with Crippen molar-refractivity contribution >= 4 is 17.8 Å². The topological polar surface area (TPSA) is 107 Å². The third-order valence-corrected chi connectivity index (χ3v) is 7.00.